The smallest absolute Gasteiger partial charge is 0.276 e. The third kappa shape index (κ3) is 1.86. The van der Waals surface area contributed by atoms with Gasteiger partial charge in [-0.1, -0.05) is 12.2 Å². The van der Waals surface area contributed by atoms with Crippen LogP contribution in [0.5, 0.6) is 0 Å². The molecule has 0 unspecified atom stereocenters. The summed E-state index contributed by atoms with van der Waals surface area (Å²) in [5, 5.41) is 1.01. The second kappa shape index (κ2) is 3.56. The van der Waals surface area contributed by atoms with Gasteiger partial charge in [0.15, 0.2) is 0 Å². The van der Waals surface area contributed by atoms with Gasteiger partial charge in [-0.25, -0.2) is 0 Å². The number of halogens is 2. The van der Waals surface area contributed by atoms with Crippen molar-refractivity contribution < 1.29 is 4.57 Å². The third-order valence-electron chi connectivity index (χ3n) is 1.47. The molecule has 1 aromatic rings. The largest absolute Gasteiger partial charge is 0.389 e. The molecule has 0 fully saturated rings. The molecular weight excluding hydrogens is 215 g/mol. The van der Waals surface area contributed by atoms with Crippen molar-refractivity contribution in [1.29, 1.82) is 0 Å². The fraction of sp³-hybridized carbons (Fsp3) is 0.143. The number of nitrogens with zero attached hydrogens (tertiary/aromatic N) is 1. The number of aromatic nitrogens is 1. The molecule has 0 aliphatic rings. The first-order valence-electron chi connectivity index (χ1n) is 3.17. The summed E-state index contributed by atoms with van der Waals surface area (Å²) in [6.45, 7) is 0. The van der Waals surface area contributed by atoms with E-state index in [0.717, 1.165) is 0 Å². The zero-order valence-corrected chi connectivity index (χ0v) is 8.67. The Morgan fingerprint density at radius 2 is 1.83 bits per heavy atom. The molecule has 0 aliphatic carbocycles. The Morgan fingerprint density at radius 3 is 2.17 bits per heavy atom. The van der Waals surface area contributed by atoms with Crippen LogP contribution in [0.15, 0.2) is 12.1 Å². The zero-order chi connectivity index (χ0) is 9.30. The number of hydrogen-bond acceptors (Lipinski definition) is 1. The van der Waals surface area contributed by atoms with Crippen molar-refractivity contribution in [2.45, 2.75) is 0 Å². The Morgan fingerprint density at radius 1 is 1.42 bits per heavy atom. The molecule has 5 heteroatoms. The van der Waals surface area contributed by atoms with Gasteiger partial charge in [-0.15, -0.1) is 0 Å². The van der Waals surface area contributed by atoms with Gasteiger partial charge in [-0.3, -0.25) is 0 Å². The average Bonchev–Trinajstić information content (AvgIpc) is 1.99. The van der Waals surface area contributed by atoms with Crippen LogP contribution in [-0.2, 0) is 7.05 Å². The summed E-state index contributed by atoms with van der Waals surface area (Å²) in [6, 6.07) is 3.35. The monoisotopic (exact) mass is 221 g/mol. The van der Waals surface area contributed by atoms with Crippen LogP contribution in [0.4, 0.5) is 0 Å². The van der Waals surface area contributed by atoms with Crippen LogP contribution < -0.4 is 10.3 Å². The highest BCUT2D eigenvalue weighted by atomic mass is 35.5. The van der Waals surface area contributed by atoms with Crippen LogP contribution in [0.25, 0.3) is 0 Å². The van der Waals surface area contributed by atoms with Gasteiger partial charge in [0.1, 0.15) is 12.0 Å². The molecule has 12 heavy (non-hydrogen) atoms. The summed E-state index contributed by atoms with van der Waals surface area (Å²) in [7, 11) is 1.76. The molecule has 0 amide bonds. The van der Waals surface area contributed by atoms with Gasteiger partial charge >= 0.3 is 0 Å². The predicted molar refractivity (Wildman–Crippen MR) is 53.5 cm³/mol. The molecule has 0 aliphatic heterocycles. The molecule has 0 spiro atoms. The highest BCUT2D eigenvalue weighted by Crippen LogP contribution is 2.11. The van der Waals surface area contributed by atoms with Crippen LogP contribution in [0.3, 0.4) is 0 Å². The molecule has 1 rings (SSSR count). The minimum Gasteiger partial charge on any atom is -0.389 e. The molecule has 0 radical (unpaired) electrons. The normalized spacial score (nSPS) is 9.92. The van der Waals surface area contributed by atoms with E-state index in [1.54, 1.807) is 23.7 Å². The molecule has 2 nitrogen and oxygen atoms in total. The van der Waals surface area contributed by atoms with Crippen LogP contribution in [-0.4, -0.2) is 4.99 Å². The second-order valence-electron chi connectivity index (χ2n) is 2.31. The van der Waals surface area contributed by atoms with Crippen molar-refractivity contribution >= 4 is 40.4 Å². The van der Waals surface area contributed by atoms with Crippen molar-refractivity contribution in [2.24, 2.45) is 12.8 Å². The Balaban J connectivity index is 3.31. The lowest BCUT2D eigenvalue weighted by Gasteiger charge is -1.98. The minimum atomic E-state index is 0.291. The zero-order valence-electron chi connectivity index (χ0n) is 6.34. The summed E-state index contributed by atoms with van der Waals surface area (Å²) < 4.78 is 1.63. The third-order valence-corrected chi connectivity index (χ3v) is 2.44. The Labute approximate surface area is 85.9 Å². The van der Waals surface area contributed by atoms with Crippen molar-refractivity contribution in [3.05, 3.63) is 28.0 Å². The van der Waals surface area contributed by atoms with E-state index in [4.69, 9.17) is 41.2 Å². The van der Waals surface area contributed by atoms with E-state index in [-0.39, 0.29) is 0 Å². The summed E-state index contributed by atoms with van der Waals surface area (Å²) in [5.41, 5.74) is 6.09. The maximum absolute atomic E-state index is 5.83. The van der Waals surface area contributed by atoms with E-state index in [2.05, 4.69) is 0 Å². The van der Waals surface area contributed by atoms with Gasteiger partial charge in [0, 0.05) is 17.7 Å². The quantitative estimate of drug-likeness (QED) is 0.442. The molecule has 2 N–H and O–H groups in total. The predicted octanol–water partition coefficient (Wildman–Crippen LogP) is 1.45. The van der Waals surface area contributed by atoms with E-state index in [9.17, 15) is 0 Å². The molecule has 1 aromatic heterocycles. The van der Waals surface area contributed by atoms with E-state index >= 15 is 0 Å². The van der Waals surface area contributed by atoms with Crippen LogP contribution in [0.1, 0.15) is 5.56 Å². The number of nitrogens with two attached hydrogens (primary N) is 1. The number of pyridine rings is 1. The van der Waals surface area contributed by atoms with Gasteiger partial charge in [0.05, 0.1) is 0 Å². The molecule has 1 heterocycles. The SMILES string of the molecule is C[n+]1c(Cl)cc(C(N)=S)cc1Cl. The van der Waals surface area contributed by atoms with E-state index < -0.39 is 0 Å². The summed E-state index contributed by atoms with van der Waals surface area (Å²) in [5.74, 6) is 0. The van der Waals surface area contributed by atoms with E-state index in [1.807, 2.05) is 0 Å². The molecule has 0 bridgehead atoms. The maximum atomic E-state index is 5.83. The van der Waals surface area contributed by atoms with E-state index in [0.29, 0.717) is 20.9 Å². The number of hydrogen-bond donors (Lipinski definition) is 1. The average molecular weight is 222 g/mol. The highest BCUT2D eigenvalue weighted by molar-refractivity contribution is 7.80. The summed E-state index contributed by atoms with van der Waals surface area (Å²) in [4.78, 5) is 0.291. The molecule has 0 aromatic carbocycles. The number of thiocarbonyl (C=S) groups is 1. The molecule has 0 saturated carbocycles. The van der Waals surface area contributed by atoms with Crippen LogP contribution >= 0.6 is 35.4 Å². The highest BCUT2D eigenvalue weighted by Gasteiger charge is 2.12. The van der Waals surface area contributed by atoms with Gasteiger partial charge in [-0.05, 0) is 23.2 Å². The fourth-order valence-corrected chi connectivity index (χ4v) is 1.31. The fourth-order valence-electron chi connectivity index (χ4n) is 0.736. The lowest BCUT2D eigenvalue weighted by atomic mass is 10.3. The van der Waals surface area contributed by atoms with Crippen molar-refractivity contribution in [2.75, 3.05) is 0 Å². The van der Waals surface area contributed by atoms with Crippen LogP contribution in [0.2, 0.25) is 10.3 Å². The van der Waals surface area contributed by atoms with Gasteiger partial charge in [0.25, 0.3) is 10.3 Å². The first-order chi connectivity index (χ1) is 5.52. The Bertz CT molecular complexity index is 315. The minimum absolute atomic E-state index is 0.291. The topological polar surface area (TPSA) is 29.9 Å². The first kappa shape index (κ1) is 9.71. The van der Waals surface area contributed by atoms with Crippen molar-refractivity contribution in [1.82, 2.24) is 0 Å². The lowest BCUT2D eigenvalue weighted by Crippen LogP contribution is -2.31. The van der Waals surface area contributed by atoms with Crippen LogP contribution in [0, 0.1) is 0 Å². The maximum Gasteiger partial charge on any atom is 0.276 e. The summed E-state index contributed by atoms with van der Waals surface area (Å²) >= 11 is 16.4. The first-order valence-corrected chi connectivity index (χ1v) is 4.33. The lowest BCUT2D eigenvalue weighted by molar-refractivity contribution is -0.667. The number of rotatable bonds is 1. The molecule has 0 atom stereocenters. The molecular formula is C7H7Cl2N2S+. The van der Waals surface area contributed by atoms with Crippen molar-refractivity contribution in [3.8, 4) is 0 Å². The van der Waals surface area contributed by atoms with Crippen molar-refractivity contribution in [3.63, 3.8) is 0 Å². The second-order valence-corrected chi connectivity index (χ2v) is 3.53. The summed E-state index contributed by atoms with van der Waals surface area (Å²) in [6.07, 6.45) is 0. The Kier molecular flexibility index (Phi) is 2.88. The van der Waals surface area contributed by atoms with Gasteiger partial charge in [-0.2, -0.15) is 4.57 Å². The van der Waals surface area contributed by atoms with Gasteiger partial charge in [0.2, 0.25) is 0 Å². The van der Waals surface area contributed by atoms with E-state index in [1.165, 1.54) is 0 Å². The molecule has 0 saturated heterocycles. The Hall–Kier alpha value is -0.380. The molecule has 64 valence electrons. The standard InChI is InChI=1S/C7H6Cl2N2S/c1-11-5(8)2-4(7(10)12)3-6(11)9/h2-3H,1H3,(H-,10,12)/p+1. The van der Waals surface area contributed by atoms with Gasteiger partial charge < -0.3 is 5.73 Å².